The molecule has 0 bridgehead atoms. The van der Waals surface area contributed by atoms with Crippen LogP contribution in [0.5, 0.6) is 0 Å². The fourth-order valence-electron chi connectivity index (χ4n) is 1.15. The highest BCUT2D eigenvalue weighted by Crippen LogP contribution is 2.21. The zero-order valence-corrected chi connectivity index (χ0v) is 8.72. The third kappa shape index (κ3) is 1.23. The summed E-state index contributed by atoms with van der Waals surface area (Å²) in [5.74, 6) is 0. The lowest BCUT2D eigenvalue weighted by Crippen LogP contribution is -1.83. The second-order valence-corrected chi connectivity index (χ2v) is 3.94. The van der Waals surface area contributed by atoms with Gasteiger partial charge in [-0.05, 0) is 28.9 Å². The number of aryl methyl sites for hydroxylation is 1. The SMILES string of the molecule is Cc1cn2cc(Br)cc(Cl)c2n1. The third-order valence-electron chi connectivity index (χ3n) is 1.59. The molecule has 2 aromatic rings. The van der Waals surface area contributed by atoms with Gasteiger partial charge in [-0.25, -0.2) is 4.98 Å². The molecule has 0 aliphatic heterocycles. The minimum atomic E-state index is 0.664. The lowest BCUT2D eigenvalue weighted by atomic mass is 10.5. The minimum absolute atomic E-state index is 0.664. The van der Waals surface area contributed by atoms with E-state index in [0.29, 0.717) is 5.02 Å². The number of nitrogens with zero attached hydrogens (tertiary/aromatic N) is 2. The van der Waals surface area contributed by atoms with Gasteiger partial charge in [-0.1, -0.05) is 11.6 Å². The van der Waals surface area contributed by atoms with Crippen molar-refractivity contribution in [2.45, 2.75) is 6.92 Å². The number of hydrogen-bond acceptors (Lipinski definition) is 1. The second kappa shape index (κ2) is 2.75. The molecular weight excluding hydrogens is 239 g/mol. The van der Waals surface area contributed by atoms with E-state index in [0.717, 1.165) is 15.8 Å². The van der Waals surface area contributed by atoms with E-state index in [-0.39, 0.29) is 0 Å². The summed E-state index contributed by atoms with van der Waals surface area (Å²) in [6.45, 7) is 1.94. The van der Waals surface area contributed by atoms with E-state index in [1.54, 1.807) is 0 Å². The summed E-state index contributed by atoms with van der Waals surface area (Å²) in [6, 6.07) is 1.84. The van der Waals surface area contributed by atoms with Gasteiger partial charge in [0.05, 0.1) is 10.7 Å². The first-order chi connectivity index (χ1) is 5.66. The molecule has 2 heterocycles. The Morgan fingerprint density at radius 3 is 3.00 bits per heavy atom. The topological polar surface area (TPSA) is 17.3 Å². The van der Waals surface area contributed by atoms with Crippen LogP contribution < -0.4 is 0 Å². The smallest absolute Gasteiger partial charge is 0.155 e. The highest BCUT2D eigenvalue weighted by atomic mass is 79.9. The molecule has 0 atom stereocenters. The van der Waals surface area contributed by atoms with Gasteiger partial charge >= 0.3 is 0 Å². The lowest BCUT2D eigenvalue weighted by molar-refractivity contribution is 1.17. The van der Waals surface area contributed by atoms with E-state index in [2.05, 4.69) is 20.9 Å². The Balaban J connectivity index is 2.88. The average Bonchev–Trinajstić information content (AvgIpc) is 2.29. The van der Waals surface area contributed by atoms with Crippen LogP contribution in [-0.4, -0.2) is 9.38 Å². The third-order valence-corrected chi connectivity index (χ3v) is 2.31. The lowest BCUT2D eigenvalue weighted by Gasteiger charge is -1.96. The van der Waals surface area contributed by atoms with E-state index in [1.807, 2.05) is 29.8 Å². The van der Waals surface area contributed by atoms with E-state index in [1.165, 1.54) is 0 Å². The Morgan fingerprint density at radius 2 is 2.25 bits per heavy atom. The van der Waals surface area contributed by atoms with Crippen LogP contribution in [0, 0.1) is 6.92 Å². The standard InChI is InChI=1S/C8H6BrClN2/c1-5-3-12-4-6(9)2-7(10)8(12)11-5/h2-4H,1H3. The highest BCUT2D eigenvalue weighted by Gasteiger charge is 2.02. The fraction of sp³-hybridized carbons (Fsp3) is 0.125. The van der Waals surface area contributed by atoms with Crippen LogP contribution >= 0.6 is 27.5 Å². The molecule has 62 valence electrons. The van der Waals surface area contributed by atoms with E-state index >= 15 is 0 Å². The van der Waals surface area contributed by atoms with Crippen molar-refractivity contribution in [1.82, 2.24) is 9.38 Å². The van der Waals surface area contributed by atoms with Crippen molar-refractivity contribution < 1.29 is 0 Å². The molecule has 0 aliphatic rings. The molecule has 2 nitrogen and oxygen atoms in total. The zero-order chi connectivity index (χ0) is 8.72. The van der Waals surface area contributed by atoms with E-state index in [4.69, 9.17) is 11.6 Å². The van der Waals surface area contributed by atoms with Gasteiger partial charge in [0.2, 0.25) is 0 Å². The molecule has 0 unspecified atom stereocenters. The number of fused-ring (bicyclic) bond motifs is 1. The summed E-state index contributed by atoms with van der Waals surface area (Å²) in [6.07, 6.45) is 3.87. The molecule has 0 saturated heterocycles. The van der Waals surface area contributed by atoms with E-state index < -0.39 is 0 Å². The fourth-order valence-corrected chi connectivity index (χ4v) is 1.99. The quantitative estimate of drug-likeness (QED) is 0.697. The molecule has 0 fully saturated rings. The van der Waals surface area contributed by atoms with Crippen LogP contribution in [0.4, 0.5) is 0 Å². The Bertz CT molecular complexity index is 436. The molecule has 0 spiro atoms. The molecule has 2 aromatic heterocycles. The zero-order valence-electron chi connectivity index (χ0n) is 6.38. The Kier molecular flexibility index (Phi) is 1.85. The summed E-state index contributed by atoms with van der Waals surface area (Å²) < 4.78 is 2.86. The van der Waals surface area contributed by atoms with Crippen LogP contribution in [0.1, 0.15) is 5.69 Å². The first-order valence-electron chi connectivity index (χ1n) is 3.47. The van der Waals surface area contributed by atoms with Crippen molar-refractivity contribution in [1.29, 1.82) is 0 Å². The van der Waals surface area contributed by atoms with Gasteiger partial charge in [0.15, 0.2) is 5.65 Å². The number of hydrogen-bond donors (Lipinski definition) is 0. The maximum absolute atomic E-state index is 5.96. The largest absolute Gasteiger partial charge is 0.304 e. The van der Waals surface area contributed by atoms with E-state index in [9.17, 15) is 0 Å². The predicted octanol–water partition coefficient (Wildman–Crippen LogP) is 3.06. The van der Waals surface area contributed by atoms with Gasteiger partial charge in [-0.3, -0.25) is 0 Å². The summed E-state index contributed by atoms with van der Waals surface area (Å²) >= 11 is 9.32. The summed E-state index contributed by atoms with van der Waals surface area (Å²) in [5.41, 5.74) is 1.77. The van der Waals surface area contributed by atoms with Gasteiger partial charge in [-0.2, -0.15) is 0 Å². The Hall–Kier alpha value is -0.540. The maximum atomic E-state index is 5.96. The van der Waals surface area contributed by atoms with Crippen LogP contribution in [0.2, 0.25) is 5.02 Å². The van der Waals surface area contributed by atoms with Gasteiger partial charge in [0.25, 0.3) is 0 Å². The molecule has 0 amide bonds. The molecule has 4 heteroatoms. The number of halogens is 2. The average molecular weight is 246 g/mol. The Morgan fingerprint density at radius 1 is 1.50 bits per heavy atom. The summed E-state index contributed by atoms with van der Waals surface area (Å²) in [4.78, 5) is 4.26. The van der Waals surface area contributed by atoms with Gasteiger partial charge < -0.3 is 4.40 Å². The van der Waals surface area contributed by atoms with Gasteiger partial charge in [0.1, 0.15) is 0 Å². The molecule has 0 aromatic carbocycles. The monoisotopic (exact) mass is 244 g/mol. The molecular formula is C8H6BrClN2. The van der Waals surface area contributed by atoms with Crippen molar-refractivity contribution >= 4 is 33.2 Å². The maximum Gasteiger partial charge on any atom is 0.155 e. The second-order valence-electron chi connectivity index (χ2n) is 2.62. The van der Waals surface area contributed by atoms with Crippen molar-refractivity contribution in [2.75, 3.05) is 0 Å². The minimum Gasteiger partial charge on any atom is -0.304 e. The van der Waals surface area contributed by atoms with Crippen LogP contribution in [0.3, 0.4) is 0 Å². The summed E-state index contributed by atoms with van der Waals surface area (Å²) in [7, 11) is 0. The van der Waals surface area contributed by atoms with Crippen LogP contribution in [0.25, 0.3) is 5.65 Å². The van der Waals surface area contributed by atoms with Crippen molar-refractivity contribution in [3.8, 4) is 0 Å². The van der Waals surface area contributed by atoms with Crippen molar-refractivity contribution in [3.05, 3.63) is 33.6 Å². The number of rotatable bonds is 0. The predicted molar refractivity (Wildman–Crippen MR) is 52.6 cm³/mol. The normalized spacial score (nSPS) is 10.9. The molecule has 12 heavy (non-hydrogen) atoms. The molecule has 0 radical (unpaired) electrons. The number of imidazole rings is 1. The van der Waals surface area contributed by atoms with Crippen molar-refractivity contribution in [2.24, 2.45) is 0 Å². The van der Waals surface area contributed by atoms with Crippen LogP contribution in [0.15, 0.2) is 22.9 Å². The van der Waals surface area contributed by atoms with Gasteiger partial charge in [0, 0.05) is 16.9 Å². The summed E-state index contributed by atoms with van der Waals surface area (Å²) in [5, 5.41) is 0.664. The van der Waals surface area contributed by atoms with Gasteiger partial charge in [-0.15, -0.1) is 0 Å². The highest BCUT2D eigenvalue weighted by molar-refractivity contribution is 9.10. The molecule has 2 rings (SSSR count). The molecule has 0 aliphatic carbocycles. The van der Waals surface area contributed by atoms with Crippen LogP contribution in [-0.2, 0) is 0 Å². The first kappa shape index (κ1) is 8.08. The first-order valence-corrected chi connectivity index (χ1v) is 4.64. The molecule has 0 saturated carbocycles. The van der Waals surface area contributed by atoms with Crippen molar-refractivity contribution in [3.63, 3.8) is 0 Å². The number of aromatic nitrogens is 2. The number of pyridine rings is 1. The molecule has 0 N–H and O–H groups in total. The Labute approximate surface area is 83.3 Å².